The Balaban J connectivity index is 1.20. The van der Waals surface area contributed by atoms with Gasteiger partial charge in [0.2, 0.25) is 0 Å². The van der Waals surface area contributed by atoms with Gasteiger partial charge in [-0.2, -0.15) is 0 Å². The third-order valence-corrected chi connectivity index (χ3v) is 13.0. The van der Waals surface area contributed by atoms with Gasteiger partial charge in [-0.05, 0) is 87.0 Å². The molecule has 8 heteroatoms. The molecular formula is C58H59N7O. The molecule has 8 nitrogen and oxygen atoms in total. The third-order valence-electron chi connectivity index (χ3n) is 13.0. The number of amidine groups is 2. The Bertz CT molecular complexity index is 3180. The van der Waals surface area contributed by atoms with Gasteiger partial charge in [0.05, 0.1) is 34.6 Å². The van der Waals surface area contributed by atoms with E-state index in [0.29, 0.717) is 11.6 Å². The zero-order valence-corrected chi connectivity index (χ0v) is 39.8. The predicted molar refractivity (Wildman–Crippen MR) is 275 cm³/mol. The SMILES string of the molecule is CN1CN(c2cc(Oc3cc4c(cc3C3=NC(c5ccc(C(C)(C)C)cc5)NC(c5ccc(C(C)(C)C)cc5)=N3)c3ccccc3n4-c3ccccn3)cc(C(C)(C)C)c2)c2ccccc21. The number of anilines is 3. The Kier molecular flexibility index (Phi) is 10.4. The number of nitrogens with one attached hydrogen (secondary N) is 1. The molecule has 0 fully saturated rings. The minimum absolute atomic E-state index is 0.0125. The van der Waals surface area contributed by atoms with E-state index < -0.39 is 6.17 Å². The molecular weight excluding hydrogens is 811 g/mol. The van der Waals surface area contributed by atoms with E-state index in [0.717, 1.165) is 68.3 Å². The highest BCUT2D eigenvalue weighted by atomic mass is 16.5. The van der Waals surface area contributed by atoms with Crippen molar-refractivity contribution in [2.45, 2.75) is 84.7 Å². The summed E-state index contributed by atoms with van der Waals surface area (Å²) in [6, 6.07) is 51.8. The lowest BCUT2D eigenvalue weighted by Gasteiger charge is -2.27. The molecule has 4 heterocycles. The highest BCUT2D eigenvalue weighted by Gasteiger charge is 2.29. The van der Waals surface area contributed by atoms with E-state index in [1.807, 2.05) is 18.3 Å². The number of benzene rings is 6. The van der Waals surface area contributed by atoms with E-state index in [1.165, 1.54) is 28.1 Å². The van der Waals surface area contributed by atoms with Crippen molar-refractivity contribution in [1.82, 2.24) is 14.9 Å². The van der Waals surface area contributed by atoms with Crippen LogP contribution in [0.3, 0.4) is 0 Å². The van der Waals surface area contributed by atoms with Crippen molar-refractivity contribution in [2.75, 3.05) is 23.5 Å². The smallest absolute Gasteiger partial charge is 0.163 e. The average molecular weight is 870 g/mol. The second-order valence-corrected chi connectivity index (χ2v) is 20.9. The molecule has 1 unspecified atom stereocenters. The first-order chi connectivity index (χ1) is 31.5. The third kappa shape index (κ3) is 7.99. The highest BCUT2D eigenvalue weighted by molar-refractivity contribution is 6.17. The number of fused-ring (bicyclic) bond motifs is 4. The van der Waals surface area contributed by atoms with Gasteiger partial charge in [-0.25, -0.2) is 15.0 Å². The zero-order valence-electron chi connectivity index (χ0n) is 39.8. The van der Waals surface area contributed by atoms with Crippen LogP contribution in [0.15, 0.2) is 162 Å². The molecule has 1 N–H and O–H groups in total. The molecule has 2 aliphatic rings. The summed E-state index contributed by atoms with van der Waals surface area (Å²) in [6.45, 7) is 20.9. The summed E-state index contributed by atoms with van der Waals surface area (Å²) in [4.78, 5) is 20.4. The van der Waals surface area contributed by atoms with Crippen LogP contribution in [0.2, 0.25) is 0 Å². The predicted octanol–water partition coefficient (Wildman–Crippen LogP) is 13.9. The van der Waals surface area contributed by atoms with Crippen molar-refractivity contribution < 1.29 is 4.74 Å². The fourth-order valence-electron chi connectivity index (χ4n) is 9.13. The van der Waals surface area contributed by atoms with Gasteiger partial charge < -0.3 is 19.9 Å². The molecule has 10 rings (SSSR count). The minimum Gasteiger partial charge on any atom is -0.456 e. The topological polar surface area (TPSA) is 70.3 Å². The van der Waals surface area contributed by atoms with Crippen LogP contribution < -0.4 is 19.9 Å². The maximum atomic E-state index is 7.35. The Hall–Kier alpha value is -7.19. The molecule has 1 atom stereocenters. The minimum atomic E-state index is -0.412. The molecule has 0 bridgehead atoms. The van der Waals surface area contributed by atoms with Gasteiger partial charge in [0.25, 0.3) is 0 Å². The van der Waals surface area contributed by atoms with Crippen molar-refractivity contribution >= 4 is 50.5 Å². The second-order valence-electron chi connectivity index (χ2n) is 20.9. The quantitative estimate of drug-likeness (QED) is 0.173. The molecule has 0 saturated heterocycles. The van der Waals surface area contributed by atoms with Crippen molar-refractivity contribution in [3.8, 4) is 17.3 Å². The van der Waals surface area contributed by atoms with Crippen LogP contribution in [-0.2, 0) is 16.2 Å². The molecule has 0 aliphatic carbocycles. The second kappa shape index (κ2) is 16.1. The Morgan fingerprint density at radius 1 is 0.606 bits per heavy atom. The first-order valence-electron chi connectivity index (χ1n) is 23.0. The Morgan fingerprint density at radius 3 is 1.94 bits per heavy atom. The van der Waals surface area contributed by atoms with Crippen LogP contribution >= 0.6 is 0 Å². The molecule has 332 valence electrons. The largest absolute Gasteiger partial charge is 0.456 e. The van der Waals surface area contributed by atoms with Gasteiger partial charge in [-0.3, -0.25) is 4.57 Å². The van der Waals surface area contributed by atoms with Crippen molar-refractivity contribution in [3.63, 3.8) is 0 Å². The molecule has 66 heavy (non-hydrogen) atoms. The molecule has 0 radical (unpaired) electrons. The number of aliphatic imine (C=N–C) groups is 2. The monoisotopic (exact) mass is 869 g/mol. The van der Waals surface area contributed by atoms with E-state index in [-0.39, 0.29) is 16.2 Å². The summed E-state index contributed by atoms with van der Waals surface area (Å²) in [7, 11) is 2.14. The Morgan fingerprint density at radius 2 is 1.26 bits per heavy atom. The molecule has 6 aromatic carbocycles. The van der Waals surface area contributed by atoms with E-state index >= 15 is 0 Å². The summed E-state index contributed by atoms with van der Waals surface area (Å²) >= 11 is 0. The number of ether oxygens (including phenoxy) is 1. The summed E-state index contributed by atoms with van der Waals surface area (Å²) < 4.78 is 9.58. The highest BCUT2D eigenvalue weighted by Crippen LogP contribution is 2.44. The van der Waals surface area contributed by atoms with E-state index in [1.54, 1.807) is 0 Å². The number of hydrogen-bond acceptors (Lipinski definition) is 7. The number of aromatic nitrogens is 2. The van der Waals surface area contributed by atoms with Gasteiger partial charge in [0.15, 0.2) is 5.84 Å². The molecule has 0 spiro atoms. The van der Waals surface area contributed by atoms with Crippen LogP contribution in [0.5, 0.6) is 11.5 Å². The molecule has 8 aromatic rings. The standard InChI is InChI=1S/C58H59N7O/c1-56(2,3)39-26-22-37(23-27-39)53-60-54(38-24-28-40(29-25-38)57(4,5)6)62-55(61-53)46-34-45-44-17-11-12-18-47(44)65(52-21-15-16-30-59-52)50(45)35-51(46)66-43-32-41(58(7,8)9)31-42(33-43)64-36-63(10)48-19-13-14-20-49(48)64/h11-35,53H,36H2,1-10H3,(H,60,61,62). The molecule has 0 saturated carbocycles. The number of hydrogen-bond donors (Lipinski definition) is 1. The summed E-state index contributed by atoms with van der Waals surface area (Å²) in [5.74, 6) is 3.54. The van der Waals surface area contributed by atoms with Gasteiger partial charge in [-0.1, -0.05) is 147 Å². The summed E-state index contributed by atoms with van der Waals surface area (Å²) in [6.07, 6.45) is 1.43. The van der Waals surface area contributed by atoms with Crippen LogP contribution in [-0.4, -0.2) is 34.9 Å². The van der Waals surface area contributed by atoms with E-state index in [9.17, 15) is 0 Å². The maximum absolute atomic E-state index is 7.35. The van der Waals surface area contributed by atoms with Crippen molar-refractivity contribution in [1.29, 1.82) is 0 Å². The van der Waals surface area contributed by atoms with Gasteiger partial charge in [-0.15, -0.1) is 0 Å². The lowest BCUT2D eigenvalue weighted by Crippen LogP contribution is -2.33. The number of rotatable bonds is 7. The fourth-order valence-corrected chi connectivity index (χ4v) is 9.13. The molecule has 2 aromatic heterocycles. The van der Waals surface area contributed by atoms with Crippen LogP contribution in [0.1, 0.15) is 102 Å². The lowest BCUT2D eigenvalue weighted by atomic mass is 9.86. The van der Waals surface area contributed by atoms with E-state index in [4.69, 9.17) is 19.7 Å². The summed E-state index contributed by atoms with van der Waals surface area (Å²) in [5, 5.41) is 5.89. The maximum Gasteiger partial charge on any atom is 0.163 e. The first-order valence-corrected chi connectivity index (χ1v) is 23.0. The van der Waals surface area contributed by atoms with Crippen LogP contribution in [0, 0.1) is 0 Å². The number of pyridine rings is 1. The van der Waals surface area contributed by atoms with Crippen LogP contribution in [0.4, 0.5) is 17.1 Å². The number of nitrogens with zero attached hydrogens (tertiary/aromatic N) is 6. The summed E-state index contributed by atoms with van der Waals surface area (Å²) in [5.41, 5.74) is 11.9. The molecule has 2 aliphatic heterocycles. The van der Waals surface area contributed by atoms with Crippen LogP contribution in [0.25, 0.3) is 27.6 Å². The average Bonchev–Trinajstić information content (AvgIpc) is 3.81. The number of para-hydroxylation sites is 3. The van der Waals surface area contributed by atoms with Crippen molar-refractivity contribution in [2.24, 2.45) is 9.98 Å². The first kappa shape index (κ1) is 42.7. The Labute approximate surface area is 389 Å². The lowest BCUT2D eigenvalue weighted by molar-refractivity contribution is 0.478. The fraction of sp³-hybridized carbons (Fsp3) is 0.259. The van der Waals surface area contributed by atoms with Crippen molar-refractivity contribution in [3.05, 3.63) is 185 Å². The van der Waals surface area contributed by atoms with Gasteiger partial charge in [0, 0.05) is 47.4 Å². The zero-order chi connectivity index (χ0) is 46.1. The normalized spacial score (nSPS) is 15.5. The van der Waals surface area contributed by atoms with Gasteiger partial charge in [0.1, 0.15) is 29.3 Å². The van der Waals surface area contributed by atoms with E-state index in [2.05, 4.69) is 223 Å². The molecule has 0 amide bonds. The van der Waals surface area contributed by atoms with Gasteiger partial charge >= 0.3 is 0 Å².